The molecule has 4 rings (SSSR count). The summed E-state index contributed by atoms with van der Waals surface area (Å²) >= 11 is 0. The number of aliphatic hydroxyl groups excluding tert-OH is 2. The molecule has 0 aromatic heterocycles. The lowest BCUT2D eigenvalue weighted by molar-refractivity contribution is -0.255. The number of hydrogen-bond donors (Lipinski definition) is 2. The smallest absolute Gasteiger partial charge is 0.165 e. The summed E-state index contributed by atoms with van der Waals surface area (Å²) in [4.78, 5) is 13.1. The zero-order valence-electron chi connectivity index (χ0n) is 15.9. The number of hydrogen-bond acceptors (Lipinski definition) is 5. The summed E-state index contributed by atoms with van der Waals surface area (Å²) < 4.78 is 12.2. The van der Waals surface area contributed by atoms with Crippen LogP contribution in [0, 0.1) is 22.7 Å². The maximum Gasteiger partial charge on any atom is 0.165 e. The van der Waals surface area contributed by atoms with E-state index in [0.29, 0.717) is 13.0 Å². The third-order valence-electron chi connectivity index (χ3n) is 8.12. The number of ketones is 1. The molecule has 0 aromatic carbocycles. The summed E-state index contributed by atoms with van der Waals surface area (Å²) in [6, 6.07) is 0. The van der Waals surface area contributed by atoms with Crippen molar-refractivity contribution in [3.05, 3.63) is 0 Å². The largest absolute Gasteiger partial charge is 0.385 e. The van der Waals surface area contributed by atoms with Gasteiger partial charge in [0.15, 0.2) is 12.1 Å². The highest BCUT2D eigenvalue weighted by atomic mass is 16.6. The second kappa shape index (κ2) is 5.28. The van der Waals surface area contributed by atoms with Gasteiger partial charge in [0.1, 0.15) is 6.10 Å². The molecule has 0 unspecified atom stereocenters. The molecule has 5 nitrogen and oxygen atoms in total. The van der Waals surface area contributed by atoms with Gasteiger partial charge in [-0.2, -0.15) is 0 Å². The van der Waals surface area contributed by atoms with Crippen molar-refractivity contribution in [2.24, 2.45) is 22.7 Å². The van der Waals surface area contributed by atoms with Gasteiger partial charge in [0.25, 0.3) is 0 Å². The molecular weight excluding hydrogens is 320 g/mol. The van der Waals surface area contributed by atoms with Crippen LogP contribution in [0.2, 0.25) is 0 Å². The van der Waals surface area contributed by atoms with E-state index in [4.69, 9.17) is 9.47 Å². The summed E-state index contributed by atoms with van der Waals surface area (Å²) in [5.41, 5.74) is -1.43. The van der Waals surface area contributed by atoms with E-state index < -0.39 is 23.6 Å². The Bertz CT molecular complexity index is 589. The summed E-state index contributed by atoms with van der Waals surface area (Å²) in [7, 11) is 0. The maximum absolute atomic E-state index is 13.1. The third-order valence-corrected chi connectivity index (χ3v) is 8.12. The van der Waals surface area contributed by atoms with Crippen LogP contribution in [-0.4, -0.2) is 46.2 Å². The molecule has 7 atom stereocenters. The average molecular weight is 352 g/mol. The highest BCUT2D eigenvalue weighted by Crippen LogP contribution is 2.67. The van der Waals surface area contributed by atoms with Crippen LogP contribution in [0.4, 0.5) is 0 Å². The van der Waals surface area contributed by atoms with Crippen molar-refractivity contribution in [3.8, 4) is 0 Å². The number of ether oxygens (including phenoxy) is 2. The van der Waals surface area contributed by atoms with Gasteiger partial charge in [-0.15, -0.1) is 0 Å². The third kappa shape index (κ3) is 2.19. The Morgan fingerprint density at radius 3 is 2.44 bits per heavy atom. The quantitative estimate of drug-likeness (QED) is 0.700. The van der Waals surface area contributed by atoms with Gasteiger partial charge in [-0.05, 0) is 31.1 Å². The van der Waals surface area contributed by atoms with Crippen LogP contribution < -0.4 is 0 Å². The van der Waals surface area contributed by atoms with Crippen molar-refractivity contribution in [1.82, 2.24) is 0 Å². The Morgan fingerprint density at radius 2 is 1.80 bits per heavy atom. The van der Waals surface area contributed by atoms with Gasteiger partial charge in [-0.3, -0.25) is 4.79 Å². The zero-order chi connectivity index (χ0) is 18.3. The standard InChI is InChI=1S/C20H32O5/c1-12-14(22)15(23)16-17(2,3)6-5-7-18(16,4)20(12)9-8-19(25-20)10-13(21)24-11-19/h12-14,16,21-22H,5-11H2,1-4H3/t12-,13-,14-,16+,18+,19-,20-/m1/s1. The maximum atomic E-state index is 13.1. The highest BCUT2D eigenvalue weighted by molar-refractivity contribution is 5.88. The van der Waals surface area contributed by atoms with Crippen LogP contribution >= 0.6 is 0 Å². The minimum absolute atomic E-state index is 0.00224. The molecule has 4 aliphatic rings. The second-order valence-corrected chi connectivity index (χ2v) is 9.97. The number of aliphatic hydroxyl groups is 2. The Morgan fingerprint density at radius 1 is 1.08 bits per heavy atom. The van der Waals surface area contributed by atoms with E-state index in [-0.39, 0.29) is 28.4 Å². The lowest BCUT2D eigenvalue weighted by Crippen LogP contribution is -2.69. The fraction of sp³-hybridized carbons (Fsp3) is 0.950. The predicted molar refractivity (Wildman–Crippen MR) is 91.8 cm³/mol. The fourth-order valence-corrected chi connectivity index (χ4v) is 6.96. The highest BCUT2D eigenvalue weighted by Gasteiger charge is 2.72. The molecule has 2 saturated heterocycles. The zero-order valence-corrected chi connectivity index (χ0v) is 15.9. The van der Waals surface area contributed by atoms with Gasteiger partial charge >= 0.3 is 0 Å². The minimum atomic E-state index is -0.974. The Kier molecular flexibility index (Phi) is 3.78. The van der Waals surface area contributed by atoms with Crippen LogP contribution in [0.5, 0.6) is 0 Å². The van der Waals surface area contributed by atoms with E-state index in [1.807, 2.05) is 6.92 Å². The van der Waals surface area contributed by atoms with E-state index in [2.05, 4.69) is 20.8 Å². The monoisotopic (exact) mass is 352 g/mol. The molecule has 25 heavy (non-hydrogen) atoms. The normalized spacial score (nSPS) is 55.0. The molecule has 142 valence electrons. The average Bonchev–Trinajstić information content (AvgIpc) is 3.08. The van der Waals surface area contributed by atoms with Gasteiger partial charge in [-0.25, -0.2) is 0 Å². The number of Topliss-reactive ketones (excluding diaryl/α,β-unsaturated/α-hetero) is 1. The molecule has 2 aliphatic heterocycles. The molecule has 0 radical (unpaired) electrons. The van der Waals surface area contributed by atoms with Crippen molar-refractivity contribution < 1.29 is 24.5 Å². The summed E-state index contributed by atoms with van der Waals surface area (Å²) in [5, 5.41) is 20.7. The number of carbonyl (C=O) groups excluding carboxylic acids is 1. The summed E-state index contributed by atoms with van der Waals surface area (Å²) in [6.07, 6.45) is 3.40. The molecule has 2 spiro atoms. The van der Waals surface area contributed by atoms with Crippen molar-refractivity contribution in [2.45, 2.75) is 89.8 Å². The first-order chi connectivity index (χ1) is 11.6. The van der Waals surface area contributed by atoms with Gasteiger partial charge < -0.3 is 19.7 Å². The molecule has 2 N–H and O–H groups in total. The van der Waals surface area contributed by atoms with Gasteiger partial charge in [0.2, 0.25) is 0 Å². The van der Waals surface area contributed by atoms with Crippen LogP contribution in [0.25, 0.3) is 0 Å². The van der Waals surface area contributed by atoms with Crippen LogP contribution in [0.3, 0.4) is 0 Å². The first kappa shape index (κ1) is 17.9. The Balaban J connectivity index is 1.79. The molecule has 0 amide bonds. The van der Waals surface area contributed by atoms with E-state index in [1.54, 1.807) is 0 Å². The molecule has 2 saturated carbocycles. The van der Waals surface area contributed by atoms with Crippen molar-refractivity contribution in [1.29, 1.82) is 0 Å². The number of rotatable bonds is 0. The van der Waals surface area contributed by atoms with E-state index in [1.165, 1.54) is 0 Å². The molecule has 4 fully saturated rings. The SMILES string of the molecule is C[C@@H]1[C@@H](O)C(=O)[C@H]2C(C)(C)CCC[C@]2(C)[C@@]12CC[C@@]1(CO[C@@H](O)C1)O2. The van der Waals surface area contributed by atoms with Gasteiger partial charge in [-0.1, -0.05) is 34.1 Å². The van der Waals surface area contributed by atoms with Crippen molar-refractivity contribution in [2.75, 3.05) is 6.61 Å². The lowest BCUT2D eigenvalue weighted by Gasteiger charge is -2.63. The van der Waals surface area contributed by atoms with Crippen LogP contribution in [0.1, 0.15) is 66.2 Å². The van der Waals surface area contributed by atoms with Gasteiger partial charge in [0.05, 0.1) is 17.8 Å². The lowest BCUT2D eigenvalue weighted by atomic mass is 9.43. The summed E-state index contributed by atoms with van der Waals surface area (Å²) in [6.45, 7) is 8.91. The molecule has 5 heteroatoms. The van der Waals surface area contributed by atoms with E-state index >= 15 is 0 Å². The van der Waals surface area contributed by atoms with Crippen LogP contribution in [-0.2, 0) is 14.3 Å². The van der Waals surface area contributed by atoms with Crippen molar-refractivity contribution >= 4 is 5.78 Å². The minimum Gasteiger partial charge on any atom is -0.385 e. The fourth-order valence-electron chi connectivity index (χ4n) is 6.96. The molecule has 0 bridgehead atoms. The predicted octanol–water partition coefficient (Wildman–Crippen LogP) is 2.43. The first-order valence-electron chi connectivity index (χ1n) is 9.79. The van der Waals surface area contributed by atoms with Crippen LogP contribution in [0.15, 0.2) is 0 Å². The first-order valence-corrected chi connectivity index (χ1v) is 9.79. The van der Waals surface area contributed by atoms with E-state index in [0.717, 1.165) is 32.1 Å². The number of fused-ring (bicyclic) bond motifs is 2. The number of carbonyl (C=O) groups is 1. The van der Waals surface area contributed by atoms with Gasteiger partial charge in [0, 0.05) is 23.7 Å². The second-order valence-electron chi connectivity index (χ2n) is 9.97. The molecule has 2 heterocycles. The molecule has 0 aromatic rings. The van der Waals surface area contributed by atoms with E-state index in [9.17, 15) is 15.0 Å². The topological polar surface area (TPSA) is 76.0 Å². The Hall–Kier alpha value is -0.490. The molecular formula is C20H32O5. The summed E-state index contributed by atoms with van der Waals surface area (Å²) in [5.74, 6) is -0.438. The van der Waals surface area contributed by atoms with Crippen molar-refractivity contribution in [3.63, 3.8) is 0 Å². The Labute approximate surface area is 150 Å². The molecule has 2 aliphatic carbocycles.